The van der Waals surface area contributed by atoms with Crippen LogP contribution in [0.15, 0.2) is 36.4 Å². The van der Waals surface area contributed by atoms with Crippen LogP contribution < -0.4 is 15.4 Å². The maximum absolute atomic E-state index is 9.06. The lowest BCUT2D eigenvalue weighted by Crippen LogP contribution is -2.26. The number of aromatic nitrogens is 3. The maximum Gasteiger partial charge on any atom is 0.249 e. The molecule has 2 N–H and O–H groups in total. The van der Waals surface area contributed by atoms with Crippen LogP contribution in [0, 0.1) is 11.3 Å². The molecule has 0 saturated heterocycles. The van der Waals surface area contributed by atoms with Crippen molar-refractivity contribution in [3.63, 3.8) is 0 Å². The number of likely N-dealkylation sites (N-methyl/N-ethyl adjacent to an activating group) is 1. The van der Waals surface area contributed by atoms with Crippen molar-refractivity contribution in [3.05, 3.63) is 58.2 Å². The molecular formula is C22H22ClN7O. The first-order valence-corrected chi connectivity index (χ1v) is 10.2. The summed E-state index contributed by atoms with van der Waals surface area (Å²) in [6.45, 7) is 1.89. The summed E-state index contributed by atoms with van der Waals surface area (Å²) in [5.74, 6) is 1.35. The molecular weight excluding hydrogens is 414 g/mol. The van der Waals surface area contributed by atoms with Gasteiger partial charge in [0, 0.05) is 18.8 Å². The van der Waals surface area contributed by atoms with Crippen LogP contribution >= 0.6 is 11.6 Å². The zero-order valence-corrected chi connectivity index (χ0v) is 18.1. The van der Waals surface area contributed by atoms with Crippen LogP contribution in [-0.4, -0.2) is 40.8 Å². The van der Waals surface area contributed by atoms with Crippen LogP contribution in [0.4, 0.5) is 23.1 Å². The minimum absolute atomic E-state index is 0.136. The first kappa shape index (κ1) is 20.8. The molecule has 1 aromatic heterocycles. The summed E-state index contributed by atoms with van der Waals surface area (Å²) < 4.78 is 5.58. The second-order valence-corrected chi connectivity index (χ2v) is 7.68. The molecule has 158 valence electrons. The zero-order chi connectivity index (χ0) is 21.8. The minimum atomic E-state index is 0.136. The summed E-state index contributed by atoms with van der Waals surface area (Å²) in [6, 6.07) is 13.8. The topological polar surface area (TPSA) is 99.0 Å². The van der Waals surface area contributed by atoms with E-state index in [1.165, 1.54) is 11.1 Å². The number of benzene rings is 2. The second kappa shape index (κ2) is 9.16. The van der Waals surface area contributed by atoms with Crippen molar-refractivity contribution < 1.29 is 4.74 Å². The first-order valence-electron chi connectivity index (χ1n) is 9.85. The van der Waals surface area contributed by atoms with Crippen molar-refractivity contribution in [2.75, 3.05) is 31.3 Å². The molecule has 0 atom stereocenters. The van der Waals surface area contributed by atoms with E-state index < -0.39 is 0 Å². The molecule has 0 fully saturated rings. The Labute approximate surface area is 185 Å². The van der Waals surface area contributed by atoms with E-state index in [0.29, 0.717) is 5.82 Å². The fourth-order valence-corrected chi connectivity index (χ4v) is 3.70. The SMILES string of the molecule is COc1cc2c(cc1Nc1nnc(Cl)c(Nc3ccccc3CC#N)n1)CN(C)CC2. The molecule has 1 aliphatic heterocycles. The van der Waals surface area contributed by atoms with E-state index >= 15 is 0 Å². The Morgan fingerprint density at radius 2 is 2.00 bits per heavy atom. The maximum atomic E-state index is 9.06. The molecule has 9 heteroatoms. The van der Waals surface area contributed by atoms with Crippen LogP contribution in [0.1, 0.15) is 16.7 Å². The van der Waals surface area contributed by atoms with Gasteiger partial charge in [0.1, 0.15) is 5.75 Å². The minimum Gasteiger partial charge on any atom is -0.495 e. The van der Waals surface area contributed by atoms with Gasteiger partial charge in [-0.25, -0.2) is 0 Å². The molecule has 31 heavy (non-hydrogen) atoms. The largest absolute Gasteiger partial charge is 0.495 e. The predicted molar refractivity (Wildman–Crippen MR) is 120 cm³/mol. The normalized spacial score (nSPS) is 13.2. The highest BCUT2D eigenvalue weighted by atomic mass is 35.5. The van der Waals surface area contributed by atoms with E-state index in [-0.39, 0.29) is 17.5 Å². The average molecular weight is 436 g/mol. The molecule has 1 aliphatic rings. The van der Waals surface area contributed by atoms with E-state index in [0.717, 1.165) is 42.2 Å². The Balaban J connectivity index is 1.62. The van der Waals surface area contributed by atoms with E-state index in [2.05, 4.69) is 56.0 Å². The average Bonchev–Trinajstić information content (AvgIpc) is 2.77. The van der Waals surface area contributed by atoms with E-state index in [1.807, 2.05) is 24.3 Å². The molecule has 0 aliphatic carbocycles. The molecule has 4 rings (SSSR count). The highest BCUT2D eigenvalue weighted by molar-refractivity contribution is 6.31. The number of ether oxygens (including phenoxy) is 1. The van der Waals surface area contributed by atoms with Crippen molar-refractivity contribution in [2.24, 2.45) is 0 Å². The van der Waals surface area contributed by atoms with Gasteiger partial charge in [-0.15, -0.1) is 10.2 Å². The fraction of sp³-hybridized carbons (Fsp3) is 0.273. The first-order chi connectivity index (χ1) is 15.1. The number of nitrogens with zero attached hydrogens (tertiary/aromatic N) is 5. The Morgan fingerprint density at radius 1 is 1.16 bits per heavy atom. The van der Waals surface area contributed by atoms with Crippen molar-refractivity contribution >= 4 is 34.7 Å². The number of hydrogen-bond donors (Lipinski definition) is 2. The summed E-state index contributed by atoms with van der Waals surface area (Å²) in [7, 11) is 3.75. The number of nitrogens with one attached hydrogen (secondary N) is 2. The molecule has 2 heterocycles. The highest BCUT2D eigenvalue weighted by Gasteiger charge is 2.18. The Hall–Kier alpha value is -3.41. The van der Waals surface area contributed by atoms with Gasteiger partial charge in [0.2, 0.25) is 5.95 Å². The lowest BCUT2D eigenvalue weighted by molar-refractivity contribution is 0.312. The summed E-state index contributed by atoms with van der Waals surface area (Å²) in [4.78, 5) is 6.77. The Bertz CT molecular complexity index is 1150. The monoisotopic (exact) mass is 435 g/mol. The van der Waals surface area contributed by atoms with E-state index in [1.54, 1.807) is 7.11 Å². The third kappa shape index (κ3) is 4.68. The van der Waals surface area contributed by atoms with Crippen molar-refractivity contribution in [2.45, 2.75) is 19.4 Å². The molecule has 0 unspecified atom stereocenters. The van der Waals surface area contributed by atoms with Gasteiger partial charge in [0.25, 0.3) is 0 Å². The Morgan fingerprint density at radius 3 is 2.81 bits per heavy atom. The molecule has 3 aromatic rings. The molecule has 2 aromatic carbocycles. The number of rotatable bonds is 6. The molecule has 0 saturated carbocycles. The summed E-state index contributed by atoms with van der Waals surface area (Å²) in [5.41, 5.74) is 4.87. The van der Waals surface area contributed by atoms with Gasteiger partial charge in [-0.1, -0.05) is 29.8 Å². The van der Waals surface area contributed by atoms with Gasteiger partial charge < -0.3 is 20.3 Å². The van der Waals surface area contributed by atoms with E-state index in [4.69, 9.17) is 21.6 Å². The van der Waals surface area contributed by atoms with Gasteiger partial charge in [-0.2, -0.15) is 10.2 Å². The number of nitriles is 1. The number of anilines is 4. The number of hydrogen-bond acceptors (Lipinski definition) is 8. The van der Waals surface area contributed by atoms with Crippen LogP contribution in [0.5, 0.6) is 5.75 Å². The van der Waals surface area contributed by atoms with Crippen molar-refractivity contribution in [1.29, 1.82) is 5.26 Å². The van der Waals surface area contributed by atoms with Crippen LogP contribution in [-0.2, 0) is 19.4 Å². The molecule has 0 amide bonds. The van der Waals surface area contributed by atoms with E-state index in [9.17, 15) is 0 Å². The quantitative estimate of drug-likeness (QED) is 0.597. The fourth-order valence-electron chi connectivity index (χ4n) is 3.57. The number of methoxy groups -OCH3 is 1. The van der Waals surface area contributed by atoms with Crippen LogP contribution in [0.2, 0.25) is 5.15 Å². The number of halogens is 1. The molecule has 8 nitrogen and oxygen atoms in total. The lowest BCUT2D eigenvalue weighted by Gasteiger charge is -2.26. The second-order valence-electron chi connectivity index (χ2n) is 7.33. The molecule has 0 radical (unpaired) electrons. The van der Waals surface area contributed by atoms with Gasteiger partial charge in [-0.3, -0.25) is 0 Å². The number of fused-ring (bicyclic) bond motifs is 1. The van der Waals surface area contributed by atoms with Gasteiger partial charge in [0.15, 0.2) is 11.0 Å². The van der Waals surface area contributed by atoms with Crippen LogP contribution in [0.3, 0.4) is 0 Å². The smallest absolute Gasteiger partial charge is 0.249 e. The third-order valence-electron chi connectivity index (χ3n) is 5.16. The standard InChI is InChI=1S/C22H22ClN7O/c1-30-10-8-15-12-19(31-2)18(11-16(15)13-30)26-22-27-21(20(23)28-29-22)25-17-6-4-3-5-14(17)7-9-24/h3-6,11-12H,7-8,10,13H2,1-2H3,(H2,25,26,27,29). The van der Waals surface area contributed by atoms with Crippen molar-refractivity contribution in [3.8, 4) is 11.8 Å². The molecule has 0 bridgehead atoms. The highest BCUT2D eigenvalue weighted by Crippen LogP contribution is 2.33. The van der Waals surface area contributed by atoms with Crippen LogP contribution in [0.25, 0.3) is 0 Å². The van der Waals surface area contributed by atoms with Crippen molar-refractivity contribution in [1.82, 2.24) is 20.1 Å². The number of para-hydroxylation sites is 1. The summed E-state index contributed by atoms with van der Waals surface area (Å²) >= 11 is 6.23. The predicted octanol–water partition coefficient (Wildman–Crippen LogP) is 4.07. The van der Waals surface area contributed by atoms with Gasteiger partial charge in [-0.05, 0) is 48.4 Å². The summed E-state index contributed by atoms with van der Waals surface area (Å²) in [6.07, 6.45) is 1.25. The van der Waals surface area contributed by atoms with Gasteiger partial charge in [0.05, 0.1) is 25.3 Å². The zero-order valence-electron chi connectivity index (χ0n) is 17.3. The van der Waals surface area contributed by atoms with Gasteiger partial charge >= 0.3 is 0 Å². The lowest BCUT2D eigenvalue weighted by atomic mass is 9.99. The Kier molecular flexibility index (Phi) is 6.16. The third-order valence-corrected chi connectivity index (χ3v) is 5.41. The summed E-state index contributed by atoms with van der Waals surface area (Å²) in [5, 5.41) is 23.6. The molecule has 0 spiro atoms.